The highest BCUT2D eigenvalue weighted by molar-refractivity contribution is 4.99. The van der Waals surface area contributed by atoms with Crippen molar-refractivity contribution in [2.45, 2.75) is 64.1 Å². The van der Waals surface area contributed by atoms with Gasteiger partial charge in [-0.25, -0.2) is 0 Å². The van der Waals surface area contributed by atoms with Crippen LogP contribution in [0.5, 0.6) is 0 Å². The number of ether oxygens (including phenoxy) is 1. The van der Waals surface area contributed by atoms with E-state index in [-0.39, 0.29) is 17.2 Å². The lowest BCUT2D eigenvalue weighted by Gasteiger charge is -2.47. The summed E-state index contributed by atoms with van der Waals surface area (Å²) in [5.74, 6) is 0. The van der Waals surface area contributed by atoms with E-state index in [0.29, 0.717) is 13.0 Å². The molecule has 0 aromatic rings. The average Bonchev–Trinajstić information content (AvgIpc) is 2.06. The van der Waals surface area contributed by atoms with Gasteiger partial charge in [-0.05, 0) is 40.5 Å². The minimum Gasteiger partial charge on any atom is -0.375 e. The summed E-state index contributed by atoms with van der Waals surface area (Å²) < 4.78 is 5.75. The molecule has 0 spiro atoms. The first kappa shape index (κ1) is 12.5. The zero-order chi connectivity index (χ0) is 11.5. The fourth-order valence-corrected chi connectivity index (χ4v) is 2.41. The maximum absolute atomic E-state index is 8.46. The number of nitrogens with zero attached hydrogens (tertiary/aromatic N) is 1. The van der Waals surface area contributed by atoms with Crippen molar-refractivity contribution in [1.82, 2.24) is 5.32 Å². The van der Waals surface area contributed by atoms with Crippen molar-refractivity contribution in [3.05, 3.63) is 0 Å². The largest absolute Gasteiger partial charge is 0.375 e. The highest BCUT2D eigenvalue weighted by atomic mass is 16.5. The molecule has 0 bridgehead atoms. The monoisotopic (exact) mass is 210 g/mol. The molecule has 1 unspecified atom stereocenters. The van der Waals surface area contributed by atoms with Crippen LogP contribution < -0.4 is 5.32 Å². The molecular weight excluding hydrogens is 188 g/mol. The normalized spacial score (nSPS) is 28.3. The fourth-order valence-electron chi connectivity index (χ4n) is 2.41. The van der Waals surface area contributed by atoms with Crippen molar-refractivity contribution in [1.29, 1.82) is 5.26 Å². The van der Waals surface area contributed by atoms with Gasteiger partial charge in [0, 0.05) is 11.1 Å². The molecular formula is C12H22N2O. The molecule has 3 heteroatoms. The summed E-state index contributed by atoms with van der Waals surface area (Å²) in [6.07, 6.45) is 2.89. The van der Waals surface area contributed by atoms with Crippen molar-refractivity contribution in [2.24, 2.45) is 0 Å². The molecule has 1 heterocycles. The summed E-state index contributed by atoms with van der Waals surface area (Å²) in [6, 6.07) is 2.11. The van der Waals surface area contributed by atoms with Crippen molar-refractivity contribution in [3.8, 4) is 6.07 Å². The van der Waals surface area contributed by atoms with Gasteiger partial charge >= 0.3 is 0 Å². The minimum atomic E-state index is -0.00277. The molecule has 1 saturated heterocycles. The van der Waals surface area contributed by atoms with Crippen LogP contribution in [-0.4, -0.2) is 23.8 Å². The molecule has 1 N–H and O–H groups in total. The van der Waals surface area contributed by atoms with Crippen molar-refractivity contribution >= 4 is 0 Å². The quantitative estimate of drug-likeness (QED) is 0.726. The Morgan fingerprint density at radius 2 is 2.07 bits per heavy atom. The Morgan fingerprint density at radius 1 is 1.40 bits per heavy atom. The Bertz CT molecular complexity index is 253. The van der Waals surface area contributed by atoms with Gasteiger partial charge in [-0.3, -0.25) is 0 Å². The third kappa shape index (κ3) is 3.48. The van der Waals surface area contributed by atoms with Crippen LogP contribution in [-0.2, 0) is 4.74 Å². The van der Waals surface area contributed by atoms with E-state index < -0.39 is 0 Å². The topological polar surface area (TPSA) is 45.0 Å². The minimum absolute atomic E-state index is 0.00277. The van der Waals surface area contributed by atoms with E-state index in [2.05, 4.69) is 39.1 Å². The Labute approximate surface area is 92.8 Å². The Balaban J connectivity index is 2.50. The first-order valence-corrected chi connectivity index (χ1v) is 5.65. The summed E-state index contributed by atoms with van der Waals surface area (Å²) in [4.78, 5) is 0. The Hall–Kier alpha value is -0.590. The zero-order valence-electron chi connectivity index (χ0n) is 10.3. The van der Waals surface area contributed by atoms with E-state index in [1.165, 1.54) is 0 Å². The standard InChI is InChI=1S/C12H22N2O/c1-11(2)7-6-10(12(3,4)14-11)15-9-5-8-13/h10,14H,5-7,9H2,1-4H3. The molecule has 1 atom stereocenters. The second kappa shape index (κ2) is 4.51. The van der Waals surface area contributed by atoms with Gasteiger partial charge < -0.3 is 10.1 Å². The predicted octanol–water partition coefficient (Wildman–Crippen LogP) is 2.23. The smallest absolute Gasteiger partial charge is 0.0752 e. The fraction of sp³-hybridized carbons (Fsp3) is 0.917. The second-order valence-corrected chi connectivity index (χ2v) is 5.54. The molecule has 1 rings (SSSR count). The van der Waals surface area contributed by atoms with Gasteiger partial charge in [0.2, 0.25) is 0 Å². The van der Waals surface area contributed by atoms with Crippen LogP contribution in [0.2, 0.25) is 0 Å². The lowest BCUT2D eigenvalue weighted by molar-refractivity contribution is -0.0424. The molecule has 0 aromatic heterocycles. The van der Waals surface area contributed by atoms with Crippen LogP contribution in [0, 0.1) is 11.3 Å². The van der Waals surface area contributed by atoms with E-state index in [0.717, 1.165) is 12.8 Å². The number of nitrogens with one attached hydrogen (secondary N) is 1. The molecule has 86 valence electrons. The zero-order valence-corrected chi connectivity index (χ0v) is 10.3. The van der Waals surface area contributed by atoms with Crippen LogP contribution in [0.4, 0.5) is 0 Å². The van der Waals surface area contributed by atoms with E-state index >= 15 is 0 Å². The molecule has 15 heavy (non-hydrogen) atoms. The number of piperidine rings is 1. The first-order chi connectivity index (χ1) is 6.87. The Kier molecular flexibility index (Phi) is 3.75. The number of hydrogen-bond acceptors (Lipinski definition) is 3. The number of rotatable bonds is 3. The van der Waals surface area contributed by atoms with Crippen molar-refractivity contribution in [3.63, 3.8) is 0 Å². The van der Waals surface area contributed by atoms with Crippen LogP contribution in [0.25, 0.3) is 0 Å². The maximum atomic E-state index is 8.46. The first-order valence-electron chi connectivity index (χ1n) is 5.65. The number of hydrogen-bond donors (Lipinski definition) is 1. The molecule has 1 fully saturated rings. The molecule has 0 aliphatic carbocycles. The highest BCUT2D eigenvalue weighted by Crippen LogP contribution is 2.30. The molecule has 0 radical (unpaired) electrons. The average molecular weight is 210 g/mol. The SMILES string of the molecule is CC1(C)CCC(OCCC#N)C(C)(C)N1. The molecule has 0 saturated carbocycles. The lowest BCUT2D eigenvalue weighted by Crippen LogP contribution is -2.62. The van der Waals surface area contributed by atoms with E-state index in [4.69, 9.17) is 10.00 Å². The van der Waals surface area contributed by atoms with Gasteiger partial charge in [-0.1, -0.05) is 0 Å². The van der Waals surface area contributed by atoms with Gasteiger partial charge in [0.15, 0.2) is 0 Å². The van der Waals surface area contributed by atoms with Gasteiger partial charge in [0.05, 0.1) is 25.2 Å². The van der Waals surface area contributed by atoms with Crippen LogP contribution in [0.3, 0.4) is 0 Å². The molecule has 1 aliphatic heterocycles. The van der Waals surface area contributed by atoms with Crippen molar-refractivity contribution in [2.75, 3.05) is 6.61 Å². The van der Waals surface area contributed by atoms with Crippen molar-refractivity contribution < 1.29 is 4.74 Å². The summed E-state index contributed by atoms with van der Waals surface area (Å²) >= 11 is 0. The maximum Gasteiger partial charge on any atom is 0.0752 e. The van der Waals surface area contributed by atoms with Crippen LogP contribution in [0.1, 0.15) is 47.0 Å². The van der Waals surface area contributed by atoms with Crippen LogP contribution >= 0.6 is 0 Å². The summed E-state index contributed by atoms with van der Waals surface area (Å²) in [5.41, 5.74) is 0.190. The van der Waals surface area contributed by atoms with Gasteiger partial charge in [0.1, 0.15) is 0 Å². The molecule has 0 amide bonds. The molecule has 1 aliphatic rings. The van der Waals surface area contributed by atoms with Gasteiger partial charge in [0.25, 0.3) is 0 Å². The third-order valence-electron chi connectivity index (χ3n) is 3.03. The van der Waals surface area contributed by atoms with E-state index in [1.807, 2.05) is 0 Å². The predicted molar refractivity (Wildman–Crippen MR) is 60.5 cm³/mol. The molecule has 3 nitrogen and oxygen atoms in total. The lowest BCUT2D eigenvalue weighted by atomic mass is 9.80. The third-order valence-corrected chi connectivity index (χ3v) is 3.03. The van der Waals surface area contributed by atoms with Crippen LogP contribution in [0.15, 0.2) is 0 Å². The summed E-state index contributed by atoms with van der Waals surface area (Å²) in [5, 5.41) is 12.1. The van der Waals surface area contributed by atoms with Gasteiger partial charge in [-0.15, -0.1) is 0 Å². The van der Waals surface area contributed by atoms with E-state index in [9.17, 15) is 0 Å². The second-order valence-electron chi connectivity index (χ2n) is 5.54. The summed E-state index contributed by atoms with van der Waals surface area (Å²) in [7, 11) is 0. The molecule has 0 aromatic carbocycles. The summed E-state index contributed by atoms with van der Waals surface area (Å²) in [6.45, 7) is 9.34. The van der Waals surface area contributed by atoms with E-state index in [1.54, 1.807) is 0 Å². The highest BCUT2D eigenvalue weighted by Gasteiger charge is 2.40. The number of nitriles is 1. The Morgan fingerprint density at radius 3 is 2.60 bits per heavy atom. The van der Waals surface area contributed by atoms with Gasteiger partial charge in [-0.2, -0.15) is 5.26 Å².